The molecule has 0 aliphatic carbocycles. The van der Waals surface area contributed by atoms with Gasteiger partial charge in [-0.15, -0.1) is 24.0 Å². The Morgan fingerprint density at radius 2 is 2.14 bits per heavy atom. The van der Waals surface area contributed by atoms with Crippen molar-refractivity contribution in [2.75, 3.05) is 27.8 Å². The summed E-state index contributed by atoms with van der Waals surface area (Å²) in [5.41, 5.74) is 1.66. The lowest BCUT2D eigenvalue weighted by molar-refractivity contribution is 0.0963. The van der Waals surface area contributed by atoms with E-state index in [-0.39, 0.29) is 35.9 Å². The molecule has 0 bridgehead atoms. The van der Waals surface area contributed by atoms with Gasteiger partial charge in [-0.2, -0.15) is 0 Å². The number of benzene rings is 1. The highest BCUT2D eigenvalue weighted by atomic mass is 127. The molecule has 7 heteroatoms. The second-order valence-electron chi connectivity index (χ2n) is 4.71. The molecule has 6 nitrogen and oxygen atoms in total. The number of hydrogen-bond donors (Lipinski definition) is 3. The van der Waals surface area contributed by atoms with Crippen LogP contribution in [0.15, 0.2) is 29.3 Å². The SMILES string of the molecule is CN=C(NCc1cccc(C(=O)NC)c1)NC(C)COC.I. The number of nitrogens with one attached hydrogen (secondary N) is 3. The number of aliphatic imine (C=N–C) groups is 1. The molecule has 0 saturated carbocycles. The third-order valence-electron chi connectivity index (χ3n) is 2.90. The van der Waals surface area contributed by atoms with Crippen LogP contribution in [-0.2, 0) is 11.3 Å². The highest BCUT2D eigenvalue weighted by Crippen LogP contribution is 2.05. The molecule has 3 N–H and O–H groups in total. The number of nitrogens with zero attached hydrogens (tertiary/aromatic N) is 1. The average Bonchev–Trinajstić information content (AvgIpc) is 2.51. The van der Waals surface area contributed by atoms with Gasteiger partial charge in [0.2, 0.25) is 0 Å². The van der Waals surface area contributed by atoms with Crippen LogP contribution in [0.3, 0.4) is 0 Å². The van der Waals surface area contributed by atoms with Gasteiger partial charge in [0.15, 0.2) is 5.96 Å². The Kier molecular flexibility index (Phi) is 10.6. The molecular weight excluding hydrogens is 395 g/mol. The second kappa shape index (κ2) is 11.2. The fourth-order valence-electron chi connectivity index (χ4n) is 1.87. The van der Waals surface area contributed by atoms with Crippen molar-refractivity contribution >= 4 is 35.8 Å². The van der Waals surface area contributed by atoms with Crippen molar-refractivity contribution in [3.8, 4) is 0 Å². The molecule has 22 heavy (non-hydrogen) atoms. The van der Waals surface area contributed by atoms with Crippen molar-refractivity contribution in [2.24, 2.45) is 4.99 Å². The van der Waals surface area contributed by atoms with Crippen molar-refractivity contribution < 1.29 is 9.53 Å². The first kappa shape index (κ1) is 20.6. The van der Waals surface area contributed by atoms with Gasteiger partial charge >= 0.3 is 0 Å². The van der Waals surface area contributed by atoms with E-state index in [1.807, 2.05) is 25.1 Å². The van der Waals surface area contributed by atoms with E-state index < -0.39 is 0 Å². The molecule has 1 unspecified atom stereocenters. The van der Waals surface area contributed by atoms with Crippen LogP contribution in [0.25, 0.3) is 0 Å². The summed E-state index contributed by atoms with van der Waals surface area (Å²) in [7, 11) is 5.00. The third kappa shape index (κ3) is 7.08. The molecule has 124 valence electrons. The van der Waals surface area contributed by atoms with Gasteiger partial charge in [-0.05, 0) is 24.6 Å². The van der Waals surface area contributed by atoms with E-state index in [9.17, 15) is 4.79 Å². The lowest BCUT2D eigenvalue weighted by Crippen LogP contribution is -2.43. The Labute approximate surface area is 149 Å². The van der Waals surface area contributed by atoms with E-state index in [2.05, 4.69) is 20.9 Å². The van der Waals surface area contributed by atoms with Crippen LogP contribution in [0.1, 0.15) is 22.8 Å². The molecule has 1 amide bonds. The van der Waals surface area contributed by atoms with E-state index in [1.54, 1.807) is 27.3 Å². The lowest BCUT2D eigenvalue weighted by Gasteiger charge is -2.17. The Morgan fingerprint density at radius 3 is 2.73 bits per heavy atom. The molecule has 1 rings (SSSR count). The van der Waals surface area contributed by atoms with E-state index in [4.69, 9.17) is 4.74 Å². The Balaban J connectivity index is 0.00000441. The highest BCUT2D eigenvalue weighted by Gasteiger charge is 2.06. The summed E-state index contributed by atoms with van der Waals surface area (Å²) in [5.74, 6) is 0.609. The number of ether oxygens (including phenoxy) is 1. The van der Waals surface area contributed by atoms with E-state index in [0.717, 1.165) is 5.56 Å². The number of hydrogen-bond acceptors (Lipinski definition) is 3. The lowest BCUT2D eigenvalue weighted by atomic mass is 10.1. The molecule has 0 fully saturated rings. The summed E-state index contributed by atoms with van der Waals surface area (Å²) in [6.45, 7) is 3.21. The van der Waals surface area contributed by atoms with Gasteiger partial charge in [0.05, 0.1) is 6.61 Å². The van der Waals surface area contributed by atoms with Crippen LogP contribution < -0.4 is 16.0 Å². The first-order valence-electron chi connectivity index (χ1n) is 6.87. The minimum Gasteiger partial charge on any atom is -0.383 e. The number of halogens is 1. The van der Waals surface area contributed by atoms with E-state index in [0.29, 0.717) is 24.7 Å². The standard InChI is InChI=1S/C15H24N4O2.HI/c1-11(10-21-4)19-15(17-3)18-9-12-6-5-7-13(8-12)14(20)16-2;/h5-8,11H,9-10H2,1-4H3,(H,16,20)(H2,17,18,19);1H. The summed E-state index contributed by atoms with van der Waals surface area (Å²) in [5, 5.41) is 9.05. The zero-order valence-corrected chi connectivity index (χ0v) is 15.8. The van der Waals surface area contributed by atoms with Crippen LogP contribution in [-0.4, -0.2) is 45.7 Å². The molecule has 1 aromatic carbocycles. The number of carbonyl (C=O) groups is 1. The summed E-state index contributed by atoms with van der Waals surface area (Å²) < 4.78 is 5.08. The number of rotatable bonds is 6. The number of guanidine groups is 1. The smallest absolute Gasteiger partial charge is 0.251 e. The van der Waals surface area contributed by atoms with Crippen molar-refractivity contribution in [1.82, 2.24) is 16.0 Å². The zero-order chi connectivity index (χ0) is 15.7. The Morgan fingerprint density at radius 1 is 1.41 bits per heavy atom. The molecule has 0 spiro atoms. The fraction of sp³-hybridized carbons (Fsp3) is 0.467. The predicted molar refractivity (Wildman–Crippen MR) is 99.9 cm³/mol. The van der Waals surface area contributed by atoms with Gasteiger partial charge in [-0.1, -0.05) is 12.1 Å². The number of amides is 1. The maximum atomic E-state index is 11.6. The highest BCUT2D eigenvalue weighted by molar-refractivity contribution is 14.0. The number of methoxy groups -OCH3 is 1. The quantitative estimate of drug-likeness (QED) is 0.369. The second-order valence-corrected chi connectivity index (χ2v) is 4.71. The van der Waals surface area contributed by atoms with Crippen molar-refractivity contribution in [3.63, 3.8) is 0 Å². The van der Waals surface area contributed by atoms with Gasteiger partial charge in [-0.25, -0.2) is 0 Å². The molecular formula is C15H25IN4O2. The largest absolute Gasteiger partial charge is 0.383 e. The fourth-order valence-corrected chi connectivity index (χ4v) is 1.87. The minimum absolute atomic E-state index is 0. The monoisotopic (exact) mass is 420 g/mol. The summed E-state index contributed by atoms with van der Waals surface area (Å²) in [4.78, 5) is 15.8. The molecule has 0 aliphatic rings. The molecule has 0 radical (unpaired) electrons. The average molecular weight is 420 g/mol. The topological polar surface area (TPSA) is 74.8 Å². The normalized spacial score (nSPS) is 12.1. The van der Waals surface area contributed by atoms with Gasteiger partial charge in [0.25, 0.3) is 5.91 Å². The summed E-state index contributed by atoms with van der Waals surface area (Å²) in [6.07, 6.45) is 0. The predicted octanol–water partition coefficient (Wildman–Crippen LogP) is 1.36. The minimum atomic E-state index is -0.0897. The van der Waals surface area contributed by atoms with Crippen LogP contribution in [0, 0.1) is 0 Å². The first-order valence-corrected chi connectivity index (χ1v) is 6.87. The maximum absolute atomic E-state index is 11.6. The summed E-state index contributed by atoms with van der Waals surface area (Å²) >= 11 is 0. The van der Waals surface area contributed by atoms with Gasteiger partial charge in [0.1, 0.15) is 0 Å². The maximum Gasteiger partial charge on any atom is 0.251 e. The molecule has 1 atom stereocenters. The first-order chi connectivity index (χ1) is 10.1. The van der Waals surface area contributed by atoms with Crippen molar-refractivity contribution in [2.45, 2.75) is 19.5 Å². The van der Waals surface area contributed by atoms with E-state index in [1.165, 1.54) is 0 Å². The van der Waals surface area contributed by atoms with Gasteiger partial charge in [0, 0.05) is 39.4 Å². The van der Waals surface area contributed by atoms with Gasteiger partial charge in [-0.3, -0.25) is 9.79 Å². The van der Waals surface area contributed by atoms with Crippen LogP contribution >= 0.6 is 24.0 Å². The van der Waals surface area contributed by atoms with Crippen LogP contribution in [0.4, 0.5) is 0 Å². The molecule has 0 aliphatic heterocycles. The molecule has 0 saturated heterocycles. The molecule has 0 heterocycles. The van der Waals surface area contributed by atoms with Crippen molar-refractivity contribution in [3.05, 3.63) is 35.4 Å². The summed E-state index contributed by atoms with van der Waals surface area (Å²) in [6, 6.07) is 7.64. The van der Waals surface area contributed by atoms with Crippen LogP contribution in [0.5, 0.6) is 0 Å². The Hall–Kier alpha value is -1.35. The number of carbonyl (C=O) groups excluding carboxylic acids is 1. The van der Waals surface area contributed by atoms with Crippen LogP contribution in [0.2, 0.25) is 0 Å². The van der Waals surface area contributed by atoms with Gasteiger partial charge < -0.3 is 20.7 Å². The molecule has 1 aromatic rings. The third-order valence-corrected chi connectivity index (χ3v) is 2.90. The zero-order valence-electron chi connectivity index (χ0n) is 13.5. The van der Waals surface area contributed by atoms with Crippen molar-refractivity contribution in [1.29, 1.82) is 0 Å². The molecule has 0 aromatic heterocycles. The van der Waals surface area contributed by atoms with E-state index >= 15 is 0 Å². The Bertz CT molecular complexity index is 494.